The number of rotatable bonds is 9. The minimum absolute atomic E-state index is 0.287. The lowest BCUT2D eigenvalue weighted by molar-refractivity contribution is 0.0652. The fourth-order valence-corrected chi connectivity index (χ4v) is 3.41. The molecule has 1 heterocycles. The first-order chi connectivity index (χ1) is 14.5. The number of amides is 3. The van der Waals surface area contributed by atoms with Gasteiger partial charge < -0.3 is 14.8 Å². The minimum atomic E-state index is -0.330. The SMILES string of the molecule is CCCCN1C(=O)c2ccc(C(=O)NCCc3ccc(OC)c(OC)c3)cc2C1=O. The maximum atomic E-state index is 12.6. The molecule has 0 saturated heterocycles. The van der Waals surface area contributed by atoms with Crippen LogP contribution in [0.3, 0.4) is 0 Å². The summed E-state index contributed by atoms with van der Waals surface area (Å²) in [6, 6.07) is 10.3. The van der Waals surface area contributed by atoms with Crippen molar-refractivity contribution in [2.75, 3.05) is 27.3 Å². The van der Waals surface area contributed by atoms with Crippen molar-refractivity contribution in [1.82, 2.24) is 10.2 Å². The molecule has 158 valence electrons. The number of nitrogens with zero attached hydrogens (tertiary/aromatic N) is 1. The Bertz CT molecular complexity index is 970. The highest BCUT2D eigenvalue weighted by molar-refractivity contribution is 6.22. The fourth-order valence-electron chi connectivity index (χ4n) is 3.41. The van der Waals surface area contributed by atoms with Crippen LogP contribution < -0.4 is 14.8 Å². The van der Waals surface area contributed by atoms with E-state index in [1.807, 2.05) is 25.1 Å². The molecule has 0 saturated carbocycles. The molecule has 0 unspecified atom stereocenters. The summed E-state index contributed by atoms with van der Waals surface area (Å²) in [4.78, 5) is 38.7. The van der Waals surface area contributed by atoms with Gasteiger partial charge in [0.15, 0.2) is 11.5 Å². The topological polar surface area (TPSA) is 84.9 Å². The maximum absolute atomic E-state index is 12.6. The van der Waals surface area contributed by atoms with Crippen LogP contribution in [0.5, 0.6) is 11.5 Å². The molecule has 0 radical (unpaired) electrons. The zero-order chi connectivity index (χ0) is 21.7. The molecule has 2 aromatic rings. The van der Waals surface area contributed by atoms with Crippen molar-refractivity contribution in [2.45, 2.75) is 26.2 Å². The second kappa shape index (κ2) is 9.43. The summed E-state index contributed by atoms with van der Waals surface area (Å²) in [6.45, 7) is 2.82. The molecule has 3 rings (SSSR count). The van der Waals surface area contributed by atoms with Gasteiger partial charge in [0.1, 0.15) is 0 Å². The Morgan fingerprint density at radius 1 is 0.967 bits per heavy atom. The lowest BCUT2D eigenvalue weighted by Gasteiger charge is -2.12. The Labute approximate surface area is 176 Å². The summed E-state index contributed by atoms with van der Waals surface area (Å²) >= 11 is 0. The van der Waals surface area contributed by atoms with Crippen LogP contribution in [-0.2, 0) is 6.42 Å². The molecule has 7 heteroatoms. The monoisotopic (exact) mass is 410 g/mol. The van der Waals surface area contributed by atoms with Gasteiger partial charge in [-0.15, -0.1) is 0 Å². The number of carbonyl (C=O) groups is 3. The van der Waals surface area contributed by atoms with Gasteiger partial charge in [0.25, 0.3) is 17.7 Å². The second-order valence-corrected chi connectivity index (χ2v) is 7.07. The van der Waals surface area contributed by atoms with E-state index >= 15 is 0 Å². The summed E-state index contributed by atoms with van der Waals surface area (Å²) in [7, 11) is 3.16. The van der Waals surface area contributed by atoms with E-state index in [2.05, 4.69) is 5.32 Å². The number of ether oxygens (including phenoxy) is 2. The molecule has 1 N–H and O–H groups in total. The molecule has 1 aliphatic heterocycles. The van der Waals surface area contributed by atoms with Gasteiger partial charge in [-0.3, -0.25) is 19.3 Å². The zero-order valence-electron chi connectivity index (χ0n) is 17.5. The number of benzene rings is 2. The molecule has 7 nitrogen and oxygen atoms in total. The summed E-state index contributed by atoms with van der Waals surface area (Å²) in [5.74, 6) is 0.379. The van der Waals surface area contributed by atoms with Crippen LogP contribution in [-0.4, -0.2) is 49.9 Å². The Kier molecular flexibility index (Phi) is 6.72. The van der Waals surface area contributed by atoms with Crippen molar-refractivity contribution in [3.05, 3.63) is 58.7 Å². The van der Waals surface area contributed by atoms with Crippen LogP contribution >= 0.6 is 0 Å². The Hall–Kier alpha value is -3.35. The zero-order valence-corrected chi connectivity index (χ0v) is 17.5. The van der Waals surface area contributed by atoms with Crippen LogP contribution in [0, 0.1) is 0 Å². The summed E-state index contributed by atoms with van der Waals surface area (Å²) in [5.41, 5.74) is 2.01. The van der Waals surface area contributed by atoms with Crippen LogP contribution in [0.1, 0.15) is 56.4 Å². The lowest BCUT2D eigenvalue weighted by Crippen LogP contribution is -2.30. The van der Waals surface area contributed by atoms with E-state index in [0.717, 1.165) is 18.4 Å². The van der Waals surface area contributed by atoms with Crippen molar-refractivity contribution in [3.8, 4) is 11.5 Å². The Morgan fingerprint density at radius 3 is 2.40 bits per heavy atom. The van der Waals surface area contributed by atoms with Crippen molar-refractivity contribution in [1.29, 1.82) is 0 Å². The molecule has 30 heavy (non-hydrogen) atoms. The van der Waals surface area contributed by atoms with Gasteiger partial charge in [-0.05, 0) is 48.7 Å². The number of imide groups is 1. The van der Waals surface area contributed by atoms with Gasteiger partial charge in [-0.1, -0.05) is 19.4 Å². The van der Waals surface area contributed by atoms with Crippen LogP contribution in [0.25, 0.3) is 0 Å². The highest BCUT2D eigenvalue weighted by atomic mass is 16.5. The third kappa shape index (κ3) is 4.30. The van der Waals surface area contributed by atoms with Crippen LogP contribution in [0.2, 0.25) is 0 Å². The molecule has 1 aliphatic rings. The molecule has 0 fully saturated rings. The summed E-state index contributed by atoms with van der Waals surface area (Å²) < 4.78 is 10.5. The van der Waals surface area contributed by atoms with E-state index in [1.54, 1.807) is 26.4 Å². The molecular formula is C23H26N2O5. The van der Waals surface area contributed by atoms with Crippen molar-refractivity contribution < 1.29 is 23.9 Å². The number of nitrogens with one attached hydrogen (secondary N) is 1. The molecule has 0 aromatic heterocycles. The smallest absolute Gasteiger partial charge is 0.261 e. The number of fused-ring (bicyclic) bond motifs is 1. The van der Waals surface area contributed by atoms with Gasteiger partial charge in [-0.25, -0.2) is 0 Å². The largest absolute Gasteiger partial charge is 0.493 e. The standard InChI is InChI=1S/C23H26N2O5/c1-4-5-12-25-22(27)17-8-7-16(14-18(17)23(25)28)21(26)24-11-10-15-6-9-19(29-2)20(13-15)30-3/h6-9,13-14H,4-5,10-12H2,1-3H3,(H,24,26). The van der Waals surface area contributed by atoms with Crippen molar-refractivity contribution in [3.63, 3.8) is 0 Å². The fraction of sp³-hybridized carbons (Fsp3) is 0.348. The van der Waals surface area contributed by atoms with E-state index in [-0.39, 0.29) is 17.7 Å². The number of hydrogen-bond donors (Lipinski definition) is 1. The average Bonchev–Trinajstić information content (AvgIpc) is 3.01. The molecule has 2 aromatic carbocycles. The average molecular weight is 410 g/mol. The van der Waals surface area contributed by atoms with Gasteiger partial charge >= 0.3 is 0 Å². The number of carbonyl (C=O) groups excluding carboxylic acids is 3. The number of unbranched alkanes of at least 4 members (excludes halogenated alkanes) is 1. The normalized spacial score (nSPS) is 12.7. The molecule has 0 aliphatic carbocycles. The van der Waals surface area contributed by atoms with Crippen molar-refractivity contribution >= 4 is 17.7 Å². The summed E-state index contributed by atoms with van der Waals surface area (Å²) in [5, 5.41) is 2.86. The third-order valence-corrected chi connectivity index (χ3v) is 5.12. The van der Waals surface area contributed by atoms with Crippen molar-refractivity contribution in [2.24, 2.45) is 0 Å². The quantitative estimate of drug-likeness (QED) is 0.642. The molecule has 3 amide bonds. The molecule has 0 atom stereocenters. The third-order valence-electron chi connectivity index (χ3n) is 5.12. The minimum Gasteiger partial charge on any atom is -0.493 e. The van der Waals surface area contributed by atoms with Crippen LogP contribution in [0.4, 0.5) is 0 Å². The lowest BCUT2D eigenvalue weighted by atomic mass is 10.1. The first kappa shape index (κ1) is 21.4. The Morgan fingerprint density at radius 2 is 1.70 bits per heavy atom. The second-order valence-electron chi connectivity index (χ2n) is 7.07. The Balaban J connectivity index is 1.63. The van der Waals surface area contributed by atoms with E-state index in [0.29, 0.717) is 47.7 Å². The van der Waals surface area contributed by atoms with E-state index in [4.69, 9.17) is 9.47 Å². The van der Waals surface area contributed by atoms with Gasteiger partial charge in [0.05, 0.1) is 25.3 Å². The van der Waals surface area contributed by atoms with Gasteiger partial charge in [0.2, 0.25) is 0 Å². The first-order valence-electron chi connectivity index (χ1n) is 9.99. The van der Waals surface area contributed by atoms with E-state index in [1.165, 1.54) is 11.0 Å². The summed E-state index contributed by atoms with van der Waals surface area (Å²) in [6.07, 6.45) is 2.26. The molecule has 0 spiro atoms. The van der Waals surface area contributed by atoms with Crippen LogP contribution in [0.15, 0.2) is 36.4 Å². The number of hydrogen-bond acceptors (Lipinski definition) is 5. The predicted octanol–water partition coefficient (Wildman–Crippen LogP) is 3.07. The highest BCUT2D eigenvalue weighted by Crippen LogP contribution is 2.28. The number of methoxy groups -OCH3 is 2. The van der Waals surface area contributed by atoms with E-state index < -0.39 is 0 Å². The molecule has 0 bridgehead atoms. The van der Waals surface area contributed by atoms with Gasteiger partial charge in [-0.2, -0.15) is 0 Å². The molecular weight excluding hydrogens is 384 g/mol. The van der Waals surface area contributed by atoms with Gasteiger partial charge in [0, 0.05) is 18.7 Å². The maximum Gasteiger partial charge on any atom is 0.261 e. The highest BCUT2D eigenvalue weighted by Gasteiger charge is 2.35. The van der Waals surface area contributed by atoms with E-state index in [9.17, 15) is 14.4 Å². The first-order valence-corrected chi connectivity index (χ1v) is 9.99. The predicted molar refractivity (Wildman–Crippen MR) is 112 cm³/mol.